The molecule has 0 aromatic carbocycles. The number of nitrogens with zero attached hydrogens (tertiary/aromatic N) is 1. The van der Waals surface area contributed by atoms with E-state index in [-0.39, 0.29) is 6.42 Å². The fourth-order valence-electron chi connectivity index (χ4n) is 1.56. The van der Waals surface area contributed by atoms with Gasteiger partial charge in [-0.3, -0.25) is 4.90 Å². The molecule has 0 radical (unpaired) electrons. The molecule has 0 aromatic heterocycles. The zero-order valence-corrected chi connectivity index (χ0v) is 6.89. The predicted molar refractivity (Wildman–Crippen MR) is 41.1 cm³/mol. The van der Waals surface area contributed by atoms with Crippen molar-refractivity contribution >= 4 is 0 Å². The Bertz CT molecular complexity index is 109. The topological polar surface area (TPSA) is 3.24 Å². The Hall–Kier alpha value is -0.180. The molecule has 66 valence electrons. The predicted octanol–water partition coefficient (Wildman–Crippen LogP) is 1.78. The summed E-state index contributed by atoms with van der Waals surface area (Å²) in [4.78, 5) is 1.86. The van der Waals surface area contributed by atoms with Crippen LogP contribution in [0.2, 0.25) is 0 Å². The van der Waals surface area contributed by atoms with Crippen LogP contribution in [0.25, 0.3) is 0 Å². The molecular formula is C8H15F2N. The van der Waals surface area contributed by atoms with Crippen LogP contribution < -0.4 is 0 Å². The number of halogens is 2. The Morgan fingerprint density at radius 3 is 2.27 bits per heavy atom. The minimum Gasteiger partial charge on any atom is -0.298 e. The summed E-state index contributed by atoms with van der Waals surface area (Å²) >= 11 is 0. The maximum Gasteiger partial charge on any atom is 0.116 e. The molecule has 1 aliphatic heterocycles. The highest BCUT2D eigenvalue weighted by Crippen LogP contribution is 2.16. The van der Waals surface area contributed by atoms with Crippen molar-refractivity contribution in [3.8, 4) is 0 Å². The second kappa shape index (κ2) is 4.00. The van der Waals surface area contributed by atoms with Gasteiger partial charge in [0.05, 0.1) is 0 Å². The zero-order chi connectivity index (χ0) is 8.27. The van der Waals surface area contributed by atoms with E-state index in [2.05, 4.69) is 0 Å². The van der Waals surface area contributed by atoms with Crippen LogP contribution in [0.15, 0.2) is 0 Å². The quantitative estimate of drug-likeness (QED) is 0.599. The third-order valence-corrected chi connectivity index (χ3v) is 1.96. The van der Waals surface area contributed by atoms with Gasteiger partial charge in [0.1, 0.15) is 12.3 Å². The highest BCUT2D eigenvalue weighted by molar-refractivity contribution is 4.78. The molecule has 3 heteroatoms. The fraction of sp³-hybridized carbons (Fsp3) is 1.00. The minimum atomic E-state index is -0.953. The van der Waals surface area contributed by atoms with Gasteiger partial charge >= 0.3 is 0 Å². The highest BCUT2D eigenvalue weighted by Gasteiger charge is 2.25. The van der Waals surface area contributed by atoms with E-state index in [1.807, 2.05) is 11.8 Å². The maximum atomic E-state index is 12.7. The van der Waals surface area contributed by atoms with E-state index in [0.717, 1.165) is 13.0 Å². The number of likely N-dealkylation sites (tertiary alicyclic amines) is 1. The van der Waals surface area contributed by atoms with E-state index < -0.39 is 12.3 Å². The molecule has 2 unspecified atom stereocenters. The van der Waals surface area contributed by atoms with Crippen molar-refractivity contribution in [1.82, 2.24) is 4.90 Å². The second-order valence-corrected chi connectivity index (χ2v) is 3.19. The van der Waals surface area contributed by atoms with Gasteiger partial charge in [0.2, 0.25) is 0 Å². The SMILES string of the molecule is CCCN1CC(F)CC(F)C1. The first-order valence-corrected chi connectivity index (χ1v) is 4.23. The lowest BCUT2D eigenvalue weighted by molar-refractivity contribution is 0.0744. The average molecular weight is 163 g/mol. The molecular weight excluding hydrogens is 148 g/mol. The standard InChI is InChI=1S/C8H15F2N/c1-2-3-11-5-7(9)4-8(10)6-11/h7-8H,2-6H2,1H3. The van der Waals surface area contributed by atoms with Gasteiger partial charge < -0.3 is 0 Å². The van der Waals surface area contributed by atoms with Crippen LogP contribution in [-0.4, -0.2) is 36.9 Å². The molecule has 2 atom stereocenters. The molecule has 1 nitrogen and oxygen atoms in total. The summed E-state index contributed by atoms with van der Waals surface area (Å²) in [6, 6.07) is 0. The second-order valence-electron chi connectivity index (χ2n) is 3.19. The Morgan fingerprint density at radius 1 is 1.27 bits per heavy atom. The first-order valence-electron chi connectivity index (χ1n) is 4.23. The van der Waals surface area contributed by atoms with Crippen molar-refractivity contribution in [1.29, 1.82) is 0 Å². The Morgan fingerprint density at radius 2 is 1.82 bits per heavy atom. The van der Waals surface area contributed by atoms with Crippen LogP contribution >= 0.6 is 0 Å². The average Bonchev–Trinajstić information content (AvgIpc) is 1.85. The van der Waals surface area contributed by atoms with Gasteiger partial charge in [-0.15, -0.1) is 0 Å². The summed E-state index contributed by atoms with van der Waals surface area (Å²) in [5.41, 5.74) is 0. The summed E-state index contributed by atoms with van der Waals surface area (Å²) < 4.78 is 25.5. The van der Waals surface area contributed by atoms with Gasteiger partial charge in [0, 0.05) is 19.5 Å². The molecule has 1 saturated heterocycles. The van der Waals surface area contributed by atoms with Crippen molar-refractivity contribution < 1.29 is 8.78 Å². The Balaban J connectivity index is 2.30. The van der Waals surface area contributed by atoms with Crippen LogP contribution in [0, 0.1) is 0 Å². The number of piperidine rings is 1. The number of alkyl halides is 2. The summed E-state index contributed by atoms with van der Waals surface area (Å²) in [6.07, 6.45) is -0.838. The van der Waals surface area contributed by atoms with Gasteiger partial charge in [-0.05, 0) is 13.0 Å². The lowest BCUT2D eigenvalue weighted by Crippen LogP contribution is -2.42. The first kappa shape index (κ1) is 8.91. The van der Waals surface area contributed by atoms with Crippen molar-refractivity contribution in [2.45, 2.75) is 32.1 Å². The molecule has 1 heterocycles. The molecule has 0 aliphatic carbocycles. The number of rotatable bonds is 2. The summed E-state index contributed by atoms with van der Waals surface area (Å²) in [5, 5.41) is 0. The van der Waals surface area contributed by atoms with E-state index in [1.54, 1.807) is 0 Å². The molecule has 0 saturated carbocycles. The smallest absolute Gasteiger partial charge is 0.116 e. The Labute approximate surface area is 66.4 Å². The third-order valence-electron chi connectivity index (χ3n) is 1.96. The first-order chi connectivity index (χ1) is 5.22. The molecule has 1 aliphatic rings. The molecule has 0 amide bonds. The molecule has 0 spiro atoms. The molecule has 0 bridgehead atoms. The summed E-state index contributed by atoms with van der Waals surface area (Å²) in [6.45, 7) is 3.69. The molecule has 1 fully saturated rings. The number of hydrogen-bond donors (Lipinski definition) is 0. The van der Waals surface area contributed by atoms with Gasteiger partial charge in [-0.1, -0.05) is 6.92 Å². The summed E-state index contributed by atoms with van der Waals surface area (Å²) in [7, 11) is 0. The Kier molecular flexibility index (Phi) is 3.24. The van der Waals surface area contributed by atoms with Gasteiger partial charge in [0.15, 0.2) is 0 Å². The van der Waals surface area contributed by atoms with E-state index in [0.29, 0.717) is 13.1 Å². The number of hydrogen-bond acceptors (Lipinski definition) is 1. The molecule has 0 N–H and O–H groups in total. The van der Waals surface area contributed by atoms with Crippen LogP contribution in [0.3, 0.4) is 0 Å². The van der Waals surface area contributed by atoms with Crippen LogP contribution in [-0.2, 0) is 0 Å². The van der Waals surface area contributed by atoms with Crippen LogP contribution in [0.1, 0.15) is 19.8 Å². The highest BCUT2D eigenvalue weighted by atomic mass is 19.1. The largest absolute Gasteiger partial charge is 0.298 e. The molecule has 0 aromatic rings. The van der Waals surface area contributed by atoms with E-state index in [9.17, 15) is 8.78 Å². The minimum absolute atomic E-state index is 0.0974. The zero-order valence-electron chi connectivity index (χ0n) is 6.89. The van der Waals surface area contributed by atoms with Gasteiger partial charge in [0.25, 0.3) is 0 Å². The van der Waals surface area contributed by atoms with Gasteiger partial charge in [-0.25, -0.2) is 8.78 Å². The van der Waals surface area contributed by atoms with Crippen LogP contribution in [0.5, 0.6) is 0 Å². The van der Waals surface area contributed by atoms with E-state index in [1.165, 1.54) is 0 Å². The lowest BCUT2D eigenvalue weighted by Gasteiger charge is -2.30. The van der Waals surface area contributed by atoms with E-state index >= 15 is 0 Å². The van der Waals surface area contributed by atoms with E-state index in [4.69, 9.17) is 0 Å². The van der Waals surface area contributed by atoms with Crippen molar-refractivity contribution in [3.05, 3.63) is 0 Å². The van der Waals surface area contributed by atoms with Gasteiger partial charge in [-0.2, -0.15) is 0 Å². The van der Waals surface area contributed by atoms with Crippen molar-refractivity contribution in [2.24, 2.45) is 0 Å². The molecule has 11 heavy (non-hydrogen) atoms. The summed E-state index contributed by atoms with van der Waals surface area (Å²) in [5.74, 6) is 0. The van der Waals surface area contributed by atoms with Crippen molar-refractivity contribution in [3.63, 3.8) is 0 Å². The fourth-order valence-corrected chi connectivity index (χ4v) is 1.56. The van der Waals surface area contributed by atoms with Crippen LogP contribution in [0.4, 0.5) is 8.78 Å². The van der Waals surface area contributed by atoms with Crippen molar-refractivity contribution in [2.75, 3.05) is 19.6 Å². The maximum absolute atomic E-state index is 12.7. The normalized spacial score (nSPS) is 34.1. The molecule has 1 rings (SSSR count). The monoisotopic (exact) mass is 163 g/mol. The lowest BCUT2D eigenvalue weighted by atomic mass is 10.1. The third kappa shape index (κ3) is 2.73.